The van der Waals surface area contributed by atoms with Gasteiger partial charge in [-0.2, -0.15) is 4.98 Å². The van der Waals surface area contributed by atoms with E-state index in [9.17, 15) is 4.79 Å². The molecule has 0 atom stereocenters. The number of carbonyl (C=O) groups is 1. The number of amides is 1. The highest BCUT2D eigenvalue weighted by Crippen LogP contribution is 2.20. The van der Waals surface area contributed by atoms with Crippen molar-refractivity contribution in [3.63, 3.8) is 0 Å². The van der Waals surface area contributed by atoms with E-state index in [-0.39, 0.29) is 5.91 Å². The van der Waals surface area contributed by atoms with Crippen molar-refractivity contribution in [1.82, 2.24) is 30.2 Å². The van der Waals surface area contributed by atoms with Gasteiger partial charge in [-0.1, -0.05) is 6.07 Å². The SMILES string of the molecule is Cc1cc(N(C)C)nc(Nc2ccc(NC(=O)c3cccc(-n4cnnn4)c3)cc2)n1. The molecule has 31 heavy (non-hydrogen) atoms. The summed E-state index contributed by atoms with van der Waals surface area (Å²) in [5.74, 6) is 1.11. The second kappa shape index (κ2) is 8.57. The summed E-state index contributed by atoms with van der Waals surface area (Å²) < 4.78 is 1.49. The molecule has 0 aliphatic carbocycles. The molecule has 4 rings (SSSR count). The van der Waals surface area contributed by atoms with Crippen molar-refractivity contribution in [2.24, 2.45) is 0 Å². The third-order valence-electron chi connectivity index (χ3n) is 4.42. The number of hydrogen-bond donors (Lipinski definition) is 2. The molecule has 1 amide bonds. The number of nitrogens with one attached hydrogen (secondary N) is 2. The zero-order chi connectivity index (χ0) is 21.8. The van der Waals surface area contributed by atoms with Crippen LogP contribution < -0.4 is 15.5 Å². The van der Waals surface area contributed by atoms with Gasteiger partial charge in [-0.3, -0.25) is 4.79 Å². The summed E-state index contributed by atoms with van der Waals surface area (Å²) in [6.45, 7) is 1.92. The topological polar surface area (TPSA) is 114 Å². The van der Waals surface area contributed by atoms with E-state index in [1.807, 2.05) is 62.3 Å². The van der Waals surface area contributed by atoms with Crippen LogP contribution in [0.15, 0.2) is 60.9 Å². The number of carbonyl (C=O) groups excluding carboxylic acids is 1. The van der Waals surface area contributed by atoms with Crippen molar-refractivity contribution in [3.8, 4) is 5.69 Å². The number of tetrazole rings is 1. The van der Waals surface area contributed by atoms with Gasteiger partial charge in [0.2, 0.25) is 5.95 Å². The first-order chi connectivity index (χ1) is 15.0. The Morgan fingerprint density at radius 3 is 2.48 bits per heavy atom. The number of nitrogens with zero attached hydrogens (tertiary/aromatic N) is 7. The quantitative estimate of drug-likeness (QED) is 0.494. The molecule has 2 N–H and O–H groups in total. The van der Waals surface area contributed by atoms with Gasteiger partial charge >= 0.3 is 0 Å². The molecule has 0 unspecified atom stereocenters. The summed E-state index contributed by atoms with van der Waals surface area (Å²) in [7, 11) is 3.86. The maximum Gasteiger partial charge on any atom is 0.255 e. The fourth-order valence-corrected chi connectivity index (χ4v) is 2.88. The first-order valence-electron chi connectivity index (χ1n) is 9.53. The van der Waals surface area contributed by atoms with E-state index < -0.39 is 0 Å². The molecule has 2 heterocycles. The molecule has 10 heteroatoms. The minimum Gasteiger partial charge on any atom is -0.363 e. The molecule has 0 aliphatic rings. The highest BCUT2D eigenvalue weighted by Gasteiger charge is 2.09. The summed E-state index contributed by atoms with van der Waals surface area (Å²) in [6.07, 6.45) is 1.47. The summed E-state index contributed by atoms with van der Waals surface area (Å²) in [6, 6.07) is 16.3. The van der Waals surface area contributed by atoms with E-state index in [0.29, 0.717) is 22.9 Å². The molecule has 2 aromatic heterocycles. The normalized spacial score (nSPS) is 10.5. The van der Waals surface area contributed by atoms with Gasteiger partial charge in [-0.25, -0.2) is 9.67 Å². The van der Waals surface area contributed by atoms with Crippen LogP contribution in [0.4, 0.5) is 23.1 Å². The van der Waals surface area contributed by atoms with Crippen molar-refractivity contribution in [2.45, 2.75) is 6.92 Å². The highest BCUT2D eigenvalue weighted by molar-refractivity contribution is 6.04. The van der Waals surface area contributed by atoms with E-state index in [2.05, 4.69) is 36.1 Å². The van der Waals surface area contributed by atoms with E-state index in [1.54, 1.807) is 18.2 Å². The largest absolute Gasteiger partial charge is 0.363 e. The summed E-state index contributed by atoms with van der Waals surface area (Å²) in [5.41, 5.74) is 3.55. The third kappa shape index (κ3) is 4.81. The van der Waals surface area contributed by atoms with Gasteiger partial charge in [0, 0.05) is 42.8 Å². The predicted molar refractivity (Wildman–Crippen MR) is 118 cm³/mol. The molecule has 0 aliphatic heterocycles. The fourth-order valence-electron chi connectivity index (χ4n) is 2.88. The van der Waals surface area contributed by atoms with Crippen molar-refractivity contribution in [2.75, 3.05) is 29.6 Å². The lowest BCUT2D eigenvalue weighted by Gasteiger charge is -2.14. The summed E-state index contributed by atoms with van der Waals surface area (Å²) in [4.78, 5) is 23.5. The van der Waals surface area contributed by atoms with Crippen molar-refractivity contribution >= 4 is 29.0 Å². The van der Waals surface area contributed by atoms with Gasteiger partial charge in [-0.05, 0) is 59.8 Å². The smallest absolute Gasteiger partial charge is 0.255 e. The van der Waals surface area contributed by atoms with Crippen LogP contribution in [0.3, 0.4) is 0 Å². The number of aryl methyl sites for hydroxylation is 1. The molecular formula is C21H21N9O. The third-order valence-corrected chi connectivity index (χ3v) is 4.42. The molecule has 10 nitrogen and oxygen atoms in total. The van der Waals surface area contributed by atoms with Gasteiger partial charge in [-0.15, -0.1) is 5.10 Å². The van der Waals surface area contributed by atoms with Crippen molar-refractivity contribution < 1.29 is 4.79 Å². The number of rotatable bonds is 6. The first-order valence-corrected chi connectivity index (χ1v) is 9.53. The lowest BCUT2D eigenvalue weighted by molar-refractivity contribution is 0.102. The number of hydrogen-bond acceptors (Lipinski definition) is 8. The molecule has 4 aromatic rings. The van der Waals surface area contributed by atoms with Gasteiger partial charge in [0.25, 0.3) is 5.91 Å². The Kier molecular flexibility index (Phi) is 5.52. The number of anilines is 4. The van der Waals surface area contributed by atoms with Gasteiger partial charge < -0.3 is 15.5 Å². The maximum atomic E-state index is 12.6. The summed E-state index contributed by atoms with van der Waals surface area (Å²) >= 11 is 0. The Morgan fingerprint density at radius 1 is 1.00 bits per heavy atom. The zero-order valence-corrected chi connectivity index (χ0v) is 17.3. The molecule has 0 saturated heterocycles. The van der Waals surface area contributed by atoms with Crippen LogP contribution >= 0.6 is 0 Å². The van der Waals surface area contributed by atoms with Crippen molar-refractivity contribution in [3.05, 3.63) is 72.2 Å². The molecule has 0 bridgehead atoms. The van der Waals surface area contributed by atoms with E-state index >= 15 is 0 Å². The molecule has 0 radical (unpaired) electrons. The van der Waals surface area contributed by atoms with Crippen LogP contribution in [0.5, 0.6) is 0 Å². The molecule has 156 valence electrons. The minimum absolute atomic E-state index is 0.228. The average Bonchev–Trinajstić information content (AvgIpc) is 3.30. The van der Waals surface area contributed by atoms with Gasteiger partial charge in [0.1, 0.15) is 12.1 Å². The second-order valence-corrected chi connectivity index (χ2v) is 7.05. The Bertz CT molecular complexity index is 1190. The predicted octanol–water partition coefficient (Wildman–Crippen LogP) is 2.82. The van der Waals surface area contributed by atoms with Crippen LogP contribution in [0, 0.1) is 6.92 Å². The van der Waals surface area contributed by atoms with Gasteiger partial charge in [0.05, 0.1) is 5.69 Å². The minimum atomic E-state index is -0.228. The Balaban J connectivity index is 1.44. The number of benzene rings is 2. The van der Waals surface area contributed by atoms with Gasteiger partial charge in [0.15, 0.2) is 0 Å². The monoisotopic (exact) mass is 415 g/mol. The molecule has 0 spiro atoms. The number of aromatic nitrogens is 6. The highest BCUT2D eigenvalue weighted by atomic mass is 16.1. The van der Waals surface area contributed by atoms with E-state index in [1.165, 1.54) is 11.0 Å². The molecule has 0 saturated carbocycles. The first kappa shape index (κ1) is 20.0. The lowest BCUT2D eigenvalue weighted by atomic mass is 10.2. The van der Waals surface area contributed by atoms with Crippen LogP contribution in [0.1, 0.15) is 16.1 Å². The summed E-state index contributed by atoms with van der Waals surface area (Å²) in [5, 5.41) is 17.1. The standard InChI is InChI=1S/C21H21N9O/c1-14-11-19(29(2)3)26-21(23-14)25-17-9-7-16(8-10-17)24-20(31)15-5-4-6-18(12-15)30-13-22-27-28-30/h4-13H,1-3H3,(H,24,31)(H,23,25,26). The van der Waals surface area contributed by atoms with Crippen LogP contribution in [-0.2, 0) is 0 Å². The lowest BCUT2D eigenvalue weighted by Crippen LogP contribution is -2.13. The maximum absolute atomic E-state index is 12.6. The van der Waals surface area contributed by atoms with Crippen LogP contribution in [-0.4, -0.2) is 50.2 Å². The second-order valence-electron chi connectivity index (χ2n) is 7.05. The van der Waals surface area contributed by atoms with E-state index in [0.717, 1.165) is 17.2 Å². The fraction of sp³-hybridized carbons (Fsp3) is 0.143. The van der Waals surface area contributed by atoms with E-state index in [4.69, 9.17) is 0 Å². The molecule has 0 fully saturated rings. The Hall–Kier alpha value is -4.34. The van der Waals surface area contributed by atoms with Crippen LogP contribution in [0.2, 0.25) is 0 Å². The Labute approximate surface area is 179 Å². The van der Waals surface area contributed by atoms with Crippen molar-refractivity contribution in [1.29, 1.82) is 0 Å². The Morgan fingerprint density at radius 2 is 1.77 bits per heavy atom. The zero-order valence-electron chi connectivity index (χ0n) is 17.3. The average molecular weight is 415 g/mol. The molecular weight excluding hydrogens is 394 g/mol. The van der Waals surface area contributed by atoms with Crippen LogP contribution in [0.25, 0.3) is 5.69 Å². The molecule has 2 aromatic carbocycles.